The van der Waals surface area contributed by atoms with E-state index in [-0.39, 0.29) is 6.47 Å². The molecule has 1 rings (SSSR count). The third kappa shape index (κ3) is 6.31. The first-order valence-electron chi connectivity index (χ1n) is 7.55. The van der Waals surface area contributed by atoms with Crippen molar-refractivity contribution >= 4 is 30.3 Å². The number of carbonyl (C=O) groups is 5. The highest BCUT2D eigenvalue weighted by Gasteiger charge is 2.53. The molecule has 0 saturated carbocycles. The Morgan fingerprint density at radius 3 is 1.81 bits per heavy atom. The van der Waals surface area contributed by atoms with Crippen molar-refractivity contribution in [2.45, 2.75) is 58.4 Å². The second kappa shape index (κ2) is 9.70. The van der Waals surface area contributed by atoms with Crippen LogP contribution in [0.5, 0.6) is 0 Å². The average molecular weight is 376 g/mol. The Bertz CT molecular complexity index is 558. The highest BCUT2D eigenvalue weighted by atomic mass is 16.7. The first-order valence-corrected chi connectivity index (χ1v) is 7.55. The molecule has 0 aromatic heterocycles. The Hall–Kier alpha value is -2.69. The summed E-state index contributed by atoms with van der Waals surface area (Å²) in [4.78, 5) is 56.1. The Morgan fingerprint density at radius 2 is 1.35 bits per heavy atom. The van der Waals surface area contributed by atoms with Crippen molar-refractivity contribution in [2.24, 2.45) is 0 Å². The van der Waals surface area contributed by atoms with Crippen LogP contribution in [0, 0.1) is 0 Å². The van der Waals surface area contributed by atoms with Gasteiger partial charge in [-0.2, -0.15) is 0 Å². The Kier molecular flexibility index (Phi) is 7.97. The summed E-state index contributed by atoms with van der Waals surface area (Å²) in [6, 6.07) is 0. The summed E-state index contributed by atoms with van der Waals surface area (Å²) >= 11 is 0. The third-order valence-electron chi connectivity index (χ3n) is 3.14. The summed E-state index contributed by atoms with van der Waals surface area (Å²) in [5, 5.41) is 0. The maximum absolute atomic E-state index is 11.5. The topological polar surface area (TPSA) is 141 Å². The molecule has 26 heavy (non-hydrogen) atoms. The fourth-order valence-corrected chi connectivity index (χ4v) is 2.34. The van der Waals surface area contributed by atoms with E-state index < -0.39 is 61.2 Å². The molecule has 0 radical (unpaired) electrons. The summed E-state index contributed by atoms with van der Waals surface area (Å²) in [6.45, 7) is 4.08. The van der Waals surface area contributed by atoms with Gasteiger partial charge < -0.3 is 28.4 Å². The minimum absolute atomic E-state index is 0.0717. The summed E-state index contributed by atoms with van der Waals surface area (Å²) < 4.78 is 30.3. The van der Waals surface area contributed by atoms with E-state index >= 15 is 0 Å². The molecule has 11 nitrogen and oxygen atoms in total. The van der Waals surface area contributed by atoms with Crippen molar-refractivity contribution in [2.75, 3.05) is 6.61 Å². The lowest BCUT2D eigenvalue weighted by atomic mass is 9.98. The van der Waals surface area contributed by atoms with Crippen LogP contribution in [-0.4, -0.2) is 67.7 Å². The first kappa shape index (κ1) is 21.4. The van der Waals surface area contributed by atoms with Gasteiger partial charge in [0.15, 0.2) is 12.2 Å². The van der Waals surface area contributed by atoms with Gasteiger partial charge in [0.1, 0.15) is 12.7 Å². The maximum atomic E-state index is 11.5. The molecular weight excluding hydrogens is 356 g/mol. The van der Waals surface area contributed by atoms with Gasteiger partial charge in [0.25, 0.3) is 6.47 Å². The van der Waals surface area contributed by atoms with E-state index in [0.717, 1.165) is 27.7 Å². The smallest absolute Gasteiger partial charge is 0.305 e. The van der Waals surface area contributed by atoms with E-state index in [1.54, 1.807) is 0 Å². The van der Waals surface area contributed by atoms with Crippen LogP contribution in [0.4, 0.5) is 0 Å². The zero-order valence-electron chi connectivity index (χ0n) is 14.7. The van der Waals surface area contributed by atoms with Crippen molar-refractivity contribution < 1.29 is 52.4 Å². The molecule has 0 bridgehead atoms. The van der Waals surface area contributed by atoms with Crippen LogP contribution in [0.1, 0.15) is 27.7 Å². The first-order chi connectivity index (χ1) is 12.1. The van der Waals surface area contributed by atoms with Gasteiger partial charge in [-0.05, 0) is 0 Å². The highest BCUT2D eigenvalue weighted by molar-refractivity contribution is 5.68. The number of ether oxygens (including phenoxy) is 6. The highest BCUT2D eigenvalue weighted by Crippen LogP contribution is 2.29. The summed E-state index contributed by atoms with van der Waals surface area (Å²) in [5.74, 6) is -2.97. The van der Waals surface area contributed by atoms with Gasteiger partial charge in [0.2, 0.25) is 12.4 Å². The molecule has 1 aliphatic rings. The average Bonchev–Trinajstić information content (AvgIpc) is 2.50. The predicted octanol–water partition coefficient (Wildman–Crippen LogP) is -0.757. The van der Waals surface area contributed by atoms with Crippen LogP contribution < -0.4 is 0 Å². The number of rotatable bonds is 7. The normalized spacial score (nSPS) is 27.6. The van der Waals surface area contributed by atoms with E-state index in [0.29, 0.717) is 0 Å². The van der Waals surface area contributed by atoms with Crippen LogP contribution in [0.3, 0.4) is 0 Å². The molecule has 0 aliphatic carbocycles. The van der Waals surface area contributed by atoms with Crippen LogP contribution in [0.25, 0.3) is 0 Å². The molecule has 0 aromatic carbocycles. The van der Waals surface area contributed by atoms with Gasteiger partial charge in [-0.25, -0.2) is 0 Å². The zero-order valence-corrected chi connectivity index (χ0v) is 14.7. The number of hydrogen-bond donors (Lipinski definition) is 0. The molecule has 0 spiro atoms. The molecule has 1 aliphatic heterocycles. The molecule has 0 amide bonds. The quantitative estimate of drug-likeness (QED) is 0.314. The number of carbonyl (C=O) groups excluding carboxylic acids is 5. The lowest BCUT2D eigenvalue weighted by Gasteiger charge is -2.43. The van der Waals surface area contributed by atoms with Gasteiger partial charge >= 0.3 is 23.9 Å². The molecule has 0 N–H and O–H groups in total. The van der Waals surface area contributed by atoms with Crippen molar-refractivity contribution in [3.8, 4) is 0 Å². The lowest BCUT2D eigenvalue weighted by Crippen LogP contribution is -2.62. The number of esters is 4. The van der Waals surface area contributed by atoms with Crippen LogP contribution in [-0.2, 0) is 52.4 Å². The van der Waals surface area contributed by atoms with E-state index in [4.69, 9.17) is 28.4 Å². The zero-order chi connectivity index (χ0) is 19.9. The third-order valence-corrected chi connectivity index (χ3v) is 3.14. The molecule has 0 aromatic rings. The van der Waals surface area contributed by atoms with E-state index in [2.05, 4.69) is 0 Å². The maximum Gasteiger partial charge on any atom is 0.305 e. The van der Waals surface area contributed by atoms with Gasteiger partial charge in [0, 0.05) is 27.7 Å². The fourth-order valence-electron chi connectivity index (χ4n) is 2.34. The monoisotopic (exact) mass is 376 g/mol. The SMILES string of the molecule is CC(=O)OC[C@H]1OC(OC(C)=O)[C@H](OC(C)=O)[C@@H](OC(C)=O)[C@@H]1OC=O. The molecule has 5 atom stereocenters. The Balaban J connectivity index is 3.23. The van der Waals surface area contributed by atoms with E-state index in [1.807, 2.05) is 0 Å². The van der Waals surface area contributed by atoms with E-state index in [1.165, 1.54) is 0 Å². The van der Waals surface area contributed by atoms with E-state index in [9.17, 15) is 24.0 Å². The van der Waals surface area contributed by atoms with Crippen molar-refractivity contribution in [3.05, 3.63) is 0 Å². The van der Waals surface area contributed by atoms with Crippen molar-refractivity contribution in [3.63, 3.8) is 0 Å². The predicted molar refractivity (Wildman–Crippen MR) is 79.1 cm³/mol. The Labute approximate surface area is 148 Å². The van der Waals surface area contributed by atoms with Gasteiger partial charge in [-0.15, -0.1) is 0 Å². The molecular formula is C15H20O11. The van der Waals surface area contributed by atoms with Gasteiger partial charge in [0.05, 0.1) is 0 Å². The second-order valence-corrected chi connectivity index (χ2v) is 5.30. The summed E-state index contributed by atoms with van der Waals surface area (Å²) in [5.41, 5.74) is 0. The standard InChI is InChI=1S/C15H20O11/c1-7(17)21-5-11-12(22-6-16)13(23-8(2)18)14(24-9(3)19)15(26-11)25-10(4)20/h6,11-15H,5H2,1-4H3/t11-,12-,13+,14-,15?/m1/s1. The lowest BCUT2D eigenvalue weighted by molar-refractivity contribution is -0.298. The molecule has 11 heteroatoms. The largest absolute Gasteiger partial charge is 0.463 e. The van der Waals surface area contributed by atoms with Crippen LogP contribution in [0.15, 0.2) is 0 Å². The molecule has 1 unspecified atom stereocenters. The fraction of sp³-hybridized carbons (Fsp3) is 0.667. The van der Waals surface area contributed by atoms with Crippen LogP contribution in [0.2, 0.25) is 0 Å². The van der Waals surface area contributed by atoms with Crippen LogP contribution >= 0.6 is 0 Å². The molecule has 1 fully saturated rings. The second-order valence-electron chi connectivity index (χ2n) is 5.30. The summed E-state index contributed by atoms with van der Waals surface area (Å²) in [7, 11) is 0. The van der Waals surface area contributed by atoms with Crippen molar-refractivity contribution in [1.82, 2.24) is 0 Å². The molecule has 1 saturated heterocycles. The Morgan fingerprint density at radius 1 is 0.808 bits per heavy atom. The molecule has 1 heterocycles. The van der Waals surface area contributed by atoms with Gasteiger partial charge in [-0.1, -0.05) is 0 Å². The minimum Gasteiger partial charge on any atom is -0.463 e. The van der Waals surface area contributed by atoms with Gasteiger partial charge in [-0.3, -0.25) is 24.0 Å². The molecule has 146 valence electrons. The minimum atomic E-state index is -1.48. The summed E-state index contributed by atoms with van der Waals surface area (Å²) in [6.07, 6.45) is -6.68. The van der Waals surface area contributed by atoms with Crippen molar-refractivity contribution in [1.29, 1.82) is 0 Å². The number of hydrogen-bond acceptors (Lipinski definition) is 11.